The normalized spacial score (nSPS) is 10.9. The number of hydrogen-bond acceptors (Lipinski definition) is 5. The molecule has 0 radical (unpaired) electrons. The van der Waals surface area contributed by atoms with Gasteiger partial charge >= 0.3 is 6.18 Å². The Morgan fingerprint density at radius 3 is 2.41 bits per heavy atom. The third kappa shape index (κ3) is 4.65. The standard InChI is InChI=1S/C18H11ClF3N5/c19-15-10-24-17(26-13-6-4-11(9-23)5-7-13)27-16(15)25-14-3-1-2-12(8-14)18(20,21)22/h1-8,10H,(H2,24,25,26,27). The highest BCUT2D eigenvalue weighted by molar-refractivity contribution is 6.32. The number of hydrogen-bond donors (Lipinski definition) is 2. The Kier molecular flexibility index (Phi) is 5.14. The SMILES string of the molecule is N#Cc1ccc(Nc2ncc(Cl)c(Nc3cccc(C(F)(F)F)c3)n2)cc1. The number of nitrogens with one attached hydrogen (secondary N) is 2. The molecule has 1 heterocycles. The summed E-state index contributed by atoms with van der Waals surface area (Å²) in [5, 5.41) is 14.7. The molecule has 0 aliphatic rings. The quantitative estimate of drug-likeness (QED) is 0.615. The van der Waals surface area contributed by atoms with E-state index in [1.165, 1.54) is 18.3 Å². The number of anilines is 4. The lowest BCUT2D eigenvalue weighted by Crippen LogP contribution is -2.06. The molecule has 27 heavy (non-hydrogen) atoms. The van der Waals surface area contributed by atoms with Gasteiger partial charge in [-0.3, -0.25) is 0 Å². The molecule has 1 aromatic heterocycles. The monoisotopic (exact) mass is 389 g/mol. The van der Waals surface area contributed by atoms with Gasteiger partial charge < -0.3 is 10.6 Å². The molecule has 3 rings (SSSR count). The maximum Gasteiger partial charge on any atom is 0.416 e. The van der Waals surface area contributed by atoms with Crippen LogP contribution in [0.1, 0.15) is 11.1 Å². The fourth-order valence-electron chi connectivity index (χ4n) is 2.18. The van der Waals surface area contributed by atoms with Crippen molar-refractivity contribution in [3.05, 3.63) is 70.9 Å². The largest absolute Gasteiger partial charge is 0.416 e. The van der Waals surface area contributed by atoms with Gasteiger partial charge in [-0.15, -0.1) is 0 Å². The molecule has 0 saturated heterocycles. The first kappa shape index (κ1) is 18.5. The Morgan fingerprint density at radius 2 is 1.74 bits per heavy atom. The Balaban J connectivity index is 1.82. The highest BCUT2D eigenvalue weighted by atomic mass is 35.5. The second-order valence-electron chi connectivity index (χ2n) is 5.41. The minimum Gasteiger partial charge on any atom is -0.339 e. The molecule has 2 aromatic carbocycles. The zero-order chi connectivity index (χ0) is 19.4. The van der Waals surface area contributed by atoms with Crippen molar-refractivity contribution in [1.82, 2.24) is 9.97 Å². The smallest absolute Gasteiger partial charge is 0.339 e. The first-order chi connectivity index (χ1) is 12.8. The van der Waals surface area contributed by atoms with Gasteiger partial charge in [0.05, 0.1) is 23.4 Å². The van der Waals surface area contributed by atoms with Crippen LogP contribution in [0.4, 0.5) is 36.3 Å². The molecular weight excluding hydrogens is 379 g/mol. The summed E-state index contributed by atoms with van der Waals surface area (Å²) in [5.41, 5.74) is 0.550. The van der Waals surface area contributed by atoms with Gasteiger partial charge in [0.25, 0.3) is 0 Å². The number of halogens is 4. The van der Waals surface area contributed by atoms with E-state index in [1.807, 2.05) is 6.07 Å². The number of nitriles is 1. The molecule has 0 aliphatic heterocycles. The summed E-state index contributed by atoms with van der Waals surface area (Å²) >= 11 is 6.04. The van der Waals surface area contributed by atoms with Crippen LogP contribution in [0.25, 0.3) is 0 Å². The number of benzene rings is 2. The zero-order valence-electron chi connectivity index (χ0n) is 13.5. The van der Waals surface area contributed by atoms with Crippen molar-refractivity contribution in [2.45, 2.75) is 6.18 Å². The van der Waals surface area contributed by atoms with Crippen molar-refractivity contribution in [1.29, 1.82) is 5.26 Å². The predicted octanol–water partition coefficient (Wildman–Crippen LogP) is 5.51. The van der Waals surface area contributed by atoms with E-state index in [4.69, 9.17) is 16.9 Å². The zero-order valence-corrected chi connectivity index (χ0v) is 14.3. The van der Waals surface area contributed by atoms with Crippen LogP contribution in [0.5, 0.6) is 0 Å². The molecule has 5 nitrogen and oxygen atoms in total. The van der Waals surface area contributed by atoms with Gasteiger partial charge in [-0.05, 0) is 42.5 Å². The lowest BCUT2D eigenvalue weighted by atomic mass is 10.2. The van der Waals surface area contributed by atoms with E-state index in [9.17, 15) is 13.2 Å². The summed E-state index contributed by atoms with van der Waals surface area (Å²) in [6.07, 6.45) is -3.12. The molecule has 136 valence electrons. The summed E-state index contributed by atoms with van der Waals surface area (Å²) in [6, 6.07) is 13.3. The van der Waals surface area contributed by atoms with Gasteiger partial charge in [-0.25, -0.2) is 4.98 Å². The predicted molar refractivity (Wildman–Crippen MR) is 96.2 cm³/mol. The van der Waals surface area contributed by atoms with Crippen LogP contribution in [0.15, 0.2) is 54.7 Å². The number of alkyl halides is 3. The lowest BCUT2D eigenvalue weighted by molar-refractivity contribution is -0.137. The van der Waals surface area contributed by atoms with Crippen LogP contribution in [0, 0.1) is 11.3 Å². The van der Waals surface area contributed by atoms with Crippen molar-refractivity contribution in [2.75, 3.05) is 10.6 Å². The van der Waals surface area contributed by atoms with Crippen molar-refractivity contribution in [3.63, 3.8) is 0 Å². The number of nitrogens with zero attached hydrogens (tertiary/aromatic N) is 3. The fraction of sp³-hybridized carbons (Fsp3) is 0.0556. The summed E-state index contributed by atoms with van der Waals surface area (Å²) in [4.78, 5) is 8.22. The lowest BCUT2D eigenvalue weighted by Gasteiger charge is -2.12. The average molecular weight is 390 g/mol. The van der Waals surface area contributed by atoms with Crippen molar-refractivity contribution in [3.8, 4) is 6.07 Å². The van der Waals surface area contributed by atoms with Gasteiger partial charge in [-0.2, -0.15) is 23.4 Å². The number of aromatic nitrogens is 2. The molecule has 9 heteroatoms. The molecular formula is C18H11ClF3N5. The third-order valence-electron chi connectivity index (χ3n) is 3.47. The van der Waals surface area contributed by atoms with Crippen LogP contribution < -0.4 is 10.6 Å². The van der Waals surface area contributed by atoms with E-state index in [2.05, 4.69) is 20.6 Å². The van der Waals surface area contributed by atoms with E-state index in [1.54, 1.807) is 24.3 Å². The summed E-state index contributed by atoms with van der Waals surface area (Å²) < 4.78 is 38.5. The van der Waals surface area contributed by atoms with Crippen LogP contribution in [-0.4, -0.2) is 9.97 Å². The van der Waals surface area contributed by atoms with Gasteiger partial charge in [0.2, 0.25) is 5.95 Å². The summed E-state index contributed by atoms with van der Waals surface area (Å²) in [5.74, 6) is 0.348. The molecule has 2 N–H and O–H groups in total. The highest BCUT2D eigenvalue weighted by Crippen LogP contribution is 2.32. The van der Waals surface area contributed by atoms with Crippen LogP contribution in [0.2, 0.25) is 5.02 Å². The van der Waals surface area contributed by atoms with Crippen molar-refractivity contribution >= 4 is 34.7 Å². The first-order valence-corrected chi connectivity index (χ1v) is 7.97. The van der Waals surface area contributed by atoms with E-state index in [-0.39, 0.29) is 22.5 Å². The van der Waals surface area contributed by atoms with Crippen molar-refractivity contribution in [2.24, 2.45) is 0 Å². The molecule has 0 fully saturated rings. The van der Waals surface area contributed by atoms with Crippen LogP contribution in [0.3, 0.4) is 0 Å². The molecule has 0 aliphatic carbocycles. The van der Waals surface area contributed by atoms with Gasteiger partial charge in [0, 0.05) is 11.4 Å². The van der Waals surface area contributed by atoms with E-state index < -0.39 is 11.7 Å². The van der Waals surface area contributed by atoms with Gasteiger partial charge in [-0.1, -0.05) is 17.7 Å². The maximum atomic E-state index is 12.8. The minimum absolute atomic E-state index is 0.151. The molecule has 0 amide bonds. The molecule has 0 unspecified atom stereocenters. The molecule has 0 atom stereocenters. The van der Waals surface area contributed by atoms with Gasteiger partial charge in [0.15, 0.2) is 5.82 Å². The Bertz CT molecular complexity index is 997. The van der Waals surface area contributed by atoms with Crippen LogP contribution in [-0.2, 0) is 6.18 Å². The fourth-order valence-corrected chi connectivity index (χ4v) is 2.32. The number of rotatable bonds is 4. The van der Waals surface area contributed by atoms with E-state index in [0.29, 0.717) is 11.3 Å². The van der Waals surface area contributed by atoms with Crippen LogP contribution >= 0.6 is 11.6 Å². The van der Waals surface area contributed by atoms with Crippen molar-refractivity contribution < 1.29 is 13.2 Å². The highest BCUT2D eigenvalue weighted by Gasteiger charge is 2.30. The minimum atomic E-state index is -4.45. The van der Waals surface area contributed by atoms with Gasteiger partial charge in [0.1, 0.15) is 5.02 Å². The average Bonchev–Trinajstić information content (AvgIpc) is 2.65. The third-order valence-corrected chi connectivity index (χ3v) is 3.74. The molecule has 0 saturated carbocycles. The Morgan fingerprint density at radius 1 is 1.00 bits per heavy atom. The second kappa shape index (κ2) is 7.51. The summed E-state index contributed by atoms with van der Waals surface area (Å²) in [7, 11) is 0. The Labute approximate surface area is 157 Å². The van der Waals surface area contributed by atoms with E-state index in [0.717, 1.165) is 12.1 Å². The second-order valence-corrected chi connectivity index (χ2v) is 5.82. The Hall–Kier alpha value is -3.31. The summed E-state index contributed by atoms with van der Waals surface area (Å²) in [6.45, 7) is 0. The van der Waals surface area contributed by atoms with E-state index >= 15 is 0 Å². The topological polar surface area (TPSA) is 73.6 Å². The first-order valence-electron chi connectivity index (χ1n) is 7.59. The molecule has 0 spiro atoms. The molecule has 0 bridgehead atoms. The maximum absolute atomic E-state index is 12.8. The molecule has 3 aromatic rings.